The number of ether oxygens (including phenoxy) is 1. The van der Waals surface area contributed by atoms with E-state index in [1.807, 2.05) is 10.7 Å². The minimum Gasteiger partial charge on any atom is -0.376 e. The molecule has 0 aromatic carbocycles. The van der Waals surface area contributed by atoms with E-state index in [2.05, 4.69) is 33.8 Å². The number of aromatic nitrogens is 4. The van der Waals surface area contributed by atoms with Crippen LogP contribution >= 0.6 is 22.9 Å². The van der Waals surface area contributed by atoms with Gasteiger partial charge in [-0.15, -0.1) is 16.4 Å². The molecule has 2 aliphatic carbocycles. The molecular formula is C19H26ClN5OS. The molecule has 3 atom stereocenters. The minimum absolute atomic E-state index is 0.167. The molecule has 5 rings (SSSR count). The summed E-state index contributed by atoms with van der Waals surface area (Å²) in [5.74, 6) is 2.98. The lowest BCUT2D eigenvalue weighted by molar-refractivity contribution is -0.0365. The Morgan fingerprint density at radius 2 is 2.26 bits per heavy atom. The summed E-state index contributed by atoms with van der Waals surface area (Å²) in [5.41, 5.74) is -0.167. The summed E-state index contributed by atoms with van der Waals surface area (Å²) in [4.78, 5) is 1.36. The summed E-state index contributed by atoms with van der Waals surface area (Å²) in [6.45, 7) is 4.68. The Labute approximate surface area is 168 Å². The van der Waals surface area contributed by atoms with Crippen molar-refractivity contribution < 1.29 is 4.74 Å². The van der Waals surface area contributed by atoms with E-state index in [4.69, 9.17) is 16.3 Å². The molecule has 0 spiro atoms. The van der Waals surface area contributed by atoms with E-state index < -0.39 is 0 Å². The molecule has 6 nitrogen and oxygen atoms in total. The van der Waals surface area contributed by atoms with Gasteiger partial charge in [0, 0.05) is 24.6 Å². The van der Waals surface area contributed by atoms with Gasteiger partial charge in [0.15, 0.2) is 5.82 Å². The van der Waals surface area contributed by atoms with Crippen molar-refractivity contribution in [2.75, 3.05) is 13.2 Å². The molecule has 2 aromatic heterocycles. The van der Waals surface area contributed by atoms with E-state index in [1.54, 1.807) is 11.3 Å². The zero-order valence-electron chi connectivity index (χ0n) is 15.6. The quantitative estimate of drug-likeness (QED) is 0.792. The normalized spacial score (nSPS) is 35.3. The van der Waals surface area contributed by atoms with Crippen LogP contribution in [0.15, 0.2) is 12.1 Å². The van der Waals surface area contributed by atoms with Gasteiger partial charge in [-0.3, -0.25) is 0 Å². The Bertz CT molecular complexity index is 802. The van der Waals surface area contributed by atoms with E-state index in [-0.39, 0.29) is 5.54 Å². The first-order chi connectivity index (χ1) is 13.2. The van der Waals surface area contributed by atoms with Crippen molar-refractivity contribution in [3.05, 3.63) is 27.2 Å². The summed E-state index contributed by atoms with van der Waals surface area (Å²) >= 11 is 7.84. The van der Waals surface area contributed by atoms with Crippen LogP contribution in [0.3, 0.4) is 0 Å². The second-order valence-corrected chi connectivity index (χ2v) is 10.1. The molecular weight excluding hydrogens is 382 g/mol. The standard InChI is InChI=1S/C19H26ClN5OS/c1-2-25-18(22-23-24-25)19(8-14(9-19)16-5-6-17(20)27-16)21-10-15-13-4-3-12(7-13)11-26-15/h5-6,12-15,21H,2-4,7-11H2,1H3/t12-,13+,14?,15+,19?/m1/s1. The SMILES string of the molecule is CCn1nnnc1C1(NC[C@@H]2OC[C@@H]3CC[C@H]2C3)CC(c2ccc(Cl)s2)C1. The molecule has 2 saturated carbocycles. The highest BCUT2D eigenvalue weighted by Gasteiger charge is 2.50. The predicted molar refractivity (Wildman–Crippen MR) is 105 cm³/mol. The molecule has 0 amide bonds. The van der Waals surface area contributed by atoms with Gasteiger partial charge in [0.05, 0.1) is 16.0 Å². The number of aryl methyl sites for hydroxylation is 1. The Morgan fingerprint density at radius 3 is 3.04 bits per heavy atom. The second-order valence-electron chi connectivity index (χ2n) is 8.34. The van der Waals surface area contributed by atoms with E-state index in [0.717, 1.165) is 48.6 Å². The first-order valence-electron chi connectivity index (χ1n) is 10.1. The molecule has 3 fully saturated rings. The highest BCUT2D eigenvalue weighted by Crippen LogP contribution is 2.52. The van der Waals surface area contributed by atoms with Gasteiger partial charge in [-0.2, -0.15) is 0 Å². The van der Waals surface area contributed by atoms with Crippen molar-refractivity contribution in [3.8, 4) is 0 Å². The molecule has 3 aliphatic rings. The van der Waals surface area contributed by atoms with Gasteiger partial charge in [-0.1, -0.05) is 11.6 Å². The smallest absolute Gasteiger partial charge is 0.171 e. The van der Waals surface area contributed by atoms with Crippen molar-refractivity contribution in [1.29, 1.82) is 0 Å². The predicted octanol–water partition coefficient (Wildman–Crippen LogP) is 3.59. The monoisotopic (exact) mass is 407 g/mol. The van der Waals surface area contributed by atoms with Crippen LogP contribution in [-0.4, -0.2) is 39.5 Å². The zero-order chi connectivity index (χ0) is 18.4. The summed E-state index contributed by atoms with van der Waals surface area (Å²) in [5, 5.41) is 16.4. The molecule has 8 heteroatoms. The van der Waals surface area contributed by atoms with Crippen molar-refractivity contribution in [2.24, 2.45) is 11.8 Å². The van der Waals surface area contributed by atoms with Crippen molar-refractivity contribution in [1.82, 2.24) is 25.5 Å². The van der Waals surface area contributed by atoms with Gasteiger partial charge in [0.25, 0.3) is 0 Å². The number of tetrazole rings is 1. The maximum atomic E-state index is 6.18. The van der Waals surface area contributed by atoms with E-state index in [0.29, 0.717) is 17.9 Å². The van der Waals surface area contributed by atoms with E-state index in [1.165, 1.54) is 24.1 Å². The van der Waals surface area contributed by atoms with Gasteiger partial charge in [0.1, 0.15) is 0 Å². The van der Waals surface area contributed by atoms with Crippen molar-refractivity contribution in [3.63, 3.8) is 0 Å². The Kier molecular flexibility index (Phi) is 4.74. The number of nitrogens with zero attached hydrogens (tertiary/aromatic N) is 4. The molecule has 0 unspecified atom stereocenters. The summed E-state index contributed by atoms with van der Waals surface area (Å²) in [7, 11) is 0. The molecule has 146 valence electrons. The topological polar surface area (TPSA) is 64.9 Å². The van der Waals surface area contributed by atoms with Crippen LogP contribution in [0.25, 0.3) is 0 Å². The third-order valence-electron chi connectivity index (χ3n) is 6.74. The Hall–Kier alpha value is -1.02. The molecule has 3 heterocycles. The third-order valence-corrected chi connectivity index (χ3v) is 8.13. The fraction of sp³-hybridized carbons (Fsp3) is 0.737. The average molecular weight is 408 g/mol. The summed E-state index contributed by atoms with van der Waals surface area (Å²) in [6.07, 6.45) is 6.31. The second kappa shape index (κ2) is 7.10. The molecule has 1 aliphatic heterocycles. The minimum atomic E-state index is -0.167. The van der Waals surface area contributed by atoms with Crippen LogP contribution in [0.4, 0.5) is 0 Å². The van der Waals surface area contributed by atoms with E-state index >= 15 is 0 Å². The molecule has 27 heavy (non-hydrogen) atoms. The molecule has 1 N–H and O–H groups in total. The number of halogens is 1. The Morgan fingerprint density at radius 1 is 1.37 bits per heavy atom. The van der Waals surface area contributed by atoms with Gasteiger partial charge in [-0.05, 0) is 79.3 Å². The van der Waals surface area contributed by atoms with Crippen molar-refractivity contribution >= 4 is 22.9 Å². The summed E-state index contributed by atoms with van der Waals surface area (Å²) < 4.78 is 8.97. The first-order valence-corrected chi connectivity index (χ1v) is 11.2. The Balaban J connectivity index is 1.33. The molecule has 2 aromatic rings. The number of nitrogens with one attached hydrogen (secondary N) is 1. The van der Waals surface area contributed by atoms with Crippen LogP contribution in [0, 0.1) is 11.8 Å². The number of rotatable bonds is 6. The number of thiophene rings is 1. The molecule has 2 bridgehead atoms. The largest absolute Gasteiger partial charge is 0.376 e. The van der Waals surface area contributed by atoms with Crippen molar-refractivity contribution in [2.45, 2.75) is 63.1 Å². The third kappa shape index (κ3) is 3.22. The zero-order valence-corrected chi connectivity index (χ0v) is 17.2. The maximum Gasteiger partial charge on any atom is 0.171 e. The van der Waals surface area contributed by atoms with Gasteiger partial charge in [-0.25, -0.2) is 4.68 Å². The fourth-order valence-corrected chi connectivity index (χ4v) is 6.38. The number of hydrogen-bond acceptors (Lipinski definition) is 6. The highest BCUT2D eigenvalue weighted by molar-refractivity contribution is 7.16. The molecule has 1 saturated heterocycles. The number of hydrogen-bond donors (Lipinski definition) is 1. The van der Waals surface area contributed by atoms with Gasteiger partial charge in [0.2, 0.25) is 0 Å². The number of fused-ring (bicyclic) bond motifs is 2. The van der Waals surface area contributed by atoms with Gasteiger partial charge < -0.3 is 10.1 Å². The summed E-state index contributed by atoms with van der Waals surface area (Å²) in [6, 6.07) is 4.16. The molecule has 0 radical (unpaired) electrons. The lowest BCUT2D eigenvalue weighted by Crippen LogP contribution is -2.56. The lowest BCUT2D eigenvalue weighted by atomic mass is 9.66. The van der Waals surface area contributed by atoms with Crippen LogP contribution in [0.5, 0.6) is 0 Å². The maximum absolute atomic E-state index is 6.18. The van der Waals surface area contributed by atoms with E-state index in [9.17, 15) is 0 Å². The highest BCUT2D eigenvalue weighted by atomic mass is 35.5. The van der Waals surface area contributed by atoms with Crippen LogP contribution in [-0.2, 0) is 16.8 Å². The van der Waals surface area contributed by atoms with Gasteiger partial charge >= 0.3 is 0 Å². The average Bonchev–Trinajstić information content (AvgIpc) is 3.36. The van der Waals surface area contributed by atoms with Crippen LogP contribution < -0.4 is 5.32 Å². The lowest BCUT2D eigenvalue weighted by Gasteiger charge is -2.48. The van der Waals surface area contributed by atoms with Crippen LogP contribution in [0.1, 0.15) is 55.6 Å². The van der Waals surface area contributed by atoms with Crippen LogP contribution in [0.2, 0.25) is 4.34 Å². The fourth-order valence-electron chi connectivity index (χ4n) is 5.22. The first kappa shape index (κ1) is 18.0.